The van der Waals surface area contributed by atoms with E-state index in [1.807, 2.05) is 18.6 Å². The molecule has 5 heteroatoms. The minimum absolute atomic E-state index is 0.277. The second-order valence-corrected chi connectivity index (χ2v) is 3.47. The van der Waals surface area contributed by atoms with Crippen LogP contribution in [0, 0.1) is 0 Å². The minimum atomic E-state index is -0.277. The summed E-state index contributed by atoms with van der Waals surface area (Å²) in [5, 5.41) is 1.62. The zero-order valence-electron chi connectivity index (χ0n) is 6.25. The van der Waals surface area contributed by atoms with Gasteiger partial charge in [-0.3, -0.25) is 0 Å². The first-order valence-electron chi connectivity index (χ1n) is 2.95. The summed E-state index contributed by atoms with van der Waals surface area (Å²) in [4.78, 5) is 17.2. The molecule has 0 unspecified atom stereocenters. The van der Waals surface area contributed by atoms with Gasteiger partial charge in [0.25, 0.3) is 0 Å². The molecule has 0 aliphatic carbocycles. The van der Waals surface area contributed by atoms with E-state index < -0.39 is 0 Å². The van der Waals surface area contributed by atoms with Crippen molar-refractivity contribution >= 4 is 23.5 Å². The van der Waals surface area contributed by atoms with Gasteiger partial charge in [-0.1, -0.05) is 0 Å². The number of thioether (sulfide) groups is 2. The van der Waals surface area contributed by atoms with Gasteiger partial charge in [0.15, 0.2) is 0 Å². The highest BCUT2D eigenvalue weighted by Crippen LogP contribution is 2.15. The highest BCUT2D eigenvalue weighted by molar-refractivity contribution is 7.99. The van der Waals surface area contributed by atoms with Crippen LogP contribution in [-0.4, -0.2) is 22.5 Å². The predicted molar refractivity (Wildman–Crippen MR) is 48.4 cm³/mol. The lowest BCUT2D eigenvalue weighted by molar-refractivity contribution is 0.908. The average Bonchev–Trinajstić information content (AvgIpc) is 2.03. The van der Waals surface area contributed by atoms with Gasteiger partial charge in [0.1, 0.15) is 5.03 Å². The first kappa shape index (κ1) is 8.67. The number of nitrogens with zero attached hydrogens (tertiary/aromatic N) is 1. The molecule has 1 rings (SSSR count). The Kier molecular flexibility index (Phi) is 3.02. The molecule has 0 saturated heterocycles. The topological polar surface area (TPSA) is 45.8 Å². The quantitative estimate of drug-likeness (QED) is 0.560. The van der Waals surface area contributed by atoms with E-state index in [0.29, 0.717) is 0 Å². The van der Waals surface area contributed by atoms with Gasteiger partial charge in [-0.25, -0.2) is 4.79 Å². The first-order chi connectivity index (χ1) is 5.26. The molecule has 0 bridgehead atoms. The summed E-state index contributed by atoms with van der Waals surface area (Å²) in [7, 11) is 0. The summed E-state index contributed by atoms with van der Waals surface area (Å²) in [5.74, 6) is 0. The molecule has 1 heterocycles. The predicted octanol–water partition coefficient (Wildman–Crippen LogP) is 1.21. The summed E-state index contributed by atoms with van der Waals surface area (Å²) < 4.78 is 0. The third-order valence-electron chi connectivity index (χ3n) is 1.13. The molecule has 60 valence electrons. The summed E-state index contributed by atoms with van der Waals surface area (Å²) >= 11 is 2.97. The van der Waals surface area contributed by atoms with Crippen molar-refractivity contribution in [2.45, 2.75) is 10.1 Å². The smallest absolute Gasteiger partial charge is 0.300 e. The Balaban J connectivity index is 3.12. The summed E-state index contributed by atoms with van der Waals surface area (Å²) in [5.41, 5.74) is -0.277. The second kappa shape index (κ2) is 3.82. The molecule has 1 aromatic heterocycles. The number of H-pyrrole nitrogens is 1. The molecule has 0 aromatic carbocycles. The van der Waals surface area contributed by atoms with Crippen molar-refractivity contribution in [3.63, 3.8) is 0 Å². The standard InChI is InChI=1S/C6H8N2OS2/c1-10-4-3-5(11-2)8-6(9)7-4/h3H,1-2H3,(H,7,8,9). The normalized spacial score (nSPS) is 10.0. The lowest BCUT2D eigenvalue weighted by atomic mass is 10.7. The molecular formula is C6H8N2OS2. The van der Waals surface area contributed by atoms with E-state index in [-0.39, 0.29) is 5.69 Å². The van der Waals surface area contributed by atoms with Crippen molar-refractivity contribution in [1.82, 2.24) is 9.97 Å². The highest BCUT2D eigenvalue weighted by Gasteiger charge is 1.96. The van der Waals surface area contributed by atoms with E-state index in [0.717, 1.165) is 10.1 Å². The lowest BCUT2D eigenvalue weighted by Gasteiger charge is -1.96. The molecule has 0 fully saturated rings. The second-order valence-electron chi connectivity index (χ2n) is 1.80. The SMILES string of the molecule is CSc1cc(SC)[nH]c(=O)n1. The van der Waals surface area contributed by atoms with Gasteiger partial charge in [0.2, 0.25) is 0 Å². The van der Waals surface area contributed by atoms with Crippen LogP contribution in [0.25, 0.3) is 0 Å². The Morgan fingerprint density at radius 3 is 2.73 bits per heavy atom. The van der Waals surface area contributed by atoms with Crippen LogP contribution in [0.1, 0.15) is 0 Å². The third kappa shape index (κ3) is 2.27. The maximum Gasteiger partial charge on any atom is 0.346 e. The largest absolute Gasteiger partial charge is 0.346 e. The Labute approximate surface area is 73.0 Å². The Morgan fingerprint density at radius 2 is 2.18 bits per heavy atom. The number of nitrogens with one attached hydrogen (secondary N) is 1. The van der Waals surface area contributed by atoms with Crippen molar-refractivity contribution in [1.29, 1.82) is 0 Å². The van der Waals surface area contributed by atoms with E-state index >= 15 is 0 Å². The molecule has 0 aliphatic heterocycles. The van der Waals surface area contributed by atoms with Gasteiger partial charge in [-0.2, -0.15) is 4.98 Å². The Morgan fingerprint density at radius 1 is 1.45 bits per heavy atom. The van der Waals surface area contributed by atoms with Gasteiger partial charge in [-0.15, -0.1) is 23.5 Å². The van der Waals surface area contributed by atoms with Crippen LogP contribution in [0.5, 0.6) is 0 Å². The first-order valence-corrected chi connectivity index (χ1v) is 5.40. The van der Waals surface area contributed by atoms with Gasteiger partial charge in [-0.05, 0) is 12.5 Å². The maximum atomic E-state index is 10.8. The summed E-state index contributed by atoms with van der Waals surface area (Å²) in [6.07, 6.45) is 3.81. The van der Waals surface area contributed by atoms with Crippen molar-refractivity contribution in [3.8, 4) is 0 Å². The molecule has 0 atom stereocenters. The monoisotopic (exact) mass is 188 g/mol. The Bertz CT molecular complexity index is 272. The van der Waals surface area contributed by atoms with Crippen LogP contribution in [0.15, 0.2) is 20.9 Å². The molecule has 0 amide bonds. The molecular weight excluding hydrogens is 180 g/mol. The van der Waals surface area contributed by atoms with Crippen LogP contribution < -0.4 is 5.69 Å². The number of aromatic amines is 1. The third-order valence-corrected chi connectivity index (χ3v) is 2.41. The van der Waals surface area contributed by atoms with E-state index in [2.05, 4.69) is 9.97 Å². The van der Waals surface area contributed by atoms with Gasteiger partial charge >= 0.3 is 5.69 Å². The molecule has 1 aromatic rings. The molecule has 1 N–H and O–H groups in total. The average molecular weight is 188 g/mol. The van der Waals surface area contributed by atoms with Crippen molar-refractivity contribution < 1.29 is 0 Å². The summed E-state index contributed by atoms with van der Waals surface area (Å²) in [6.45, 7) is 0. The molecule has 0 radical (unpaired) electrons. The van der Waals surface area contributed by atoms with Gasteiger partial charge < -0.3 is 4.98 Å². The van der Waals surface area contributed by atoms with Crippen LogP contribution in [0.3, 0.4) is 0 Å². The lowest BCUT2D eigenvalue weighted by Crippen LogP contribution is -2.10. The fourth-order valence-corrected chi connectivity index (χ4v) is 1.53. The number of rotatable bonds is 2. The maximum absolute atomic E-state index is 10.8. The van der Waals surface area contributed by atoms with Crippen LogP contribution in [-0.2, 0) is 0 Å². The minimum Gasteiger partial charge on any atom is -0.300 e. The fraction of sp³-hybridized carbons (Fsp3) is 0.333. The number of hydrogen-bond donors (Lipinski definition) is 1. The molecule has 11 heavy (non-hydrogen) atoms. The summed E-state index contributed by atoms with van der Waals surface area (Å²) in [6, 6.07) is 1.86. The molecule has 3 nitrogen and oxygen atoms in total. The number of hydrogen-bond acceptors (Lipinski definition) is 4. The number of aromatic nitrogens is 2. The Hall–Kier alpha value is -0.420. The zero-order valence-corrected chi connectivity index (χ0v) is 7.88. The van der Waals surface area contributed by atoms with Crippen LogP contribution in [0.4, 0.5) is 0 Å². The van der Waals surface area contributed by atoms with Crippen molar-refractivity contribution in [3.05, 3.63) is 16.6 Å². The molecule has 0 aliphatic rings. The molecule has 0 spiro atoms. The van der Waals surface area contributed by atoms with E-state index in [4.69, 9.17) is 0 Å². The van der Waals surface area contributed by atoms with Gasteiger partial charge in [0.05, 0.1) is 5.03 Å². The van der Waals surface area contributed by atoms with E-state index in [1.54, 1.807) is 0 Å². The van der Waals surface area contributed by atoms with Crippen LogP contribution in [0.2, 0.25) is 0 Å². The van der Waals surface area contributed by atoms with Crippen molar-refractivity contribution in [2.24, 2.45) is 0 Å². The highest BCUT2D eigenvalue weighted by atomic mass is 32.2. The fourth-order valence-electron chi connectivity index (χ4n) is 0.628. The van der Waals surface area contributed by atoms with E-state index in [9.17, 15) is 4.79 Å². The molecule has 0 saturated carbocycles. The zero-order chi connectivity index (χ0) is 8.27. The van der Waals surface area contributed by atoms with Crippen LogP contribution >= 0.6 is 23.5 Å². The van der Waals surface area contributed by atoms with E-state index in [1.165, 1.54) is 23.5 Å². The van der Waals surface area contributed by atoms with Gasteiger partial charge in [0, 0.05) is 6.07 Å². The van der Waals surface area contributed by atoms with Crippen molar-refractivity contribution in [2.75, 3.05) is 12.5 Å².